The van der Waals surface area contributed by atoms with Crippen LogP contribution in [-0.2, 0) is 0 Å². The van der Waals surface area contributed by atoms with Crippen molar-refractivity contribution < 1.29 is 9.84 Å². The van der Waals surface area contributed by atoms with Gasteiger partial charge in [-0.15, -0.1) is 0 Å². The van der Waals surface area contributed by atoms with E-state index in [2.05, 4.69) is 16.3 Å². The van der Waals surface area contributed by atoms with Gasteiger partial charge in [-0.2, -0.15) is 0 Å². The van der Waals surface area contributed by atoms with Gasteiger partial charge in [0.15, 0.2) is 0 Å². The fourth-order valence-electron chi connectivity index (χ4n) is 2.49. The summed E-state index contributed by atoms with van der Waals surface area (Å²) >= 11 is 0. The van der Waals surface area contributed by atoms with Gasteiger partial charge in [-0.25, -0.2) is 0 Å². The summed E-state index contributed by atoms with van der Waals surface area (Å²) in [4.78, 5) is 2.30. The highest BCUT2D eigenvalue weighted by molar-refractivity contribution is 5.51. The third-order valence-corrected chi connectivity index (χ3v) is 3.62. The molecule has 100 valence electrons. The molecule has 1 heterocycles. The monoisotopic (exact) mass is 250 g/mol. The Morgan fingerprint density at radius 3 is 2.72 bits per heavy atom. The molecule has 1 aromatic rings. The Bertz CT molecular complexity index is 387. The highest BCUT2D eigenvalue weighted by Crippen LogP contribution is 2.27. The van der Waals surface area contributed by atoms with E-state index >= 15 is 0 Å². The second-order valence-corrected chi connectivity index (χ2v) is 4.94. The first-order valence-corrected chi connectivity index (χ1v) is 6.43. The molecule has 0 unspecified atom stereocenters. The number of benzene rings is 1. The van der Waals surface area contributed by atoms with E-state index in [9.17, 15) is 5.11 Å². The minimum atomic E-state index is -0.551. The first-order chi connectivity index (χ1) is 8.67. The van der Waals surface area contributed by atoms with Gasteiger partial charge in [0.2, 0.25) is 0 Å². The number of likely N-dealkylation sites (N-methyl/N-ethyl adjacent to an activating group) is 1. The van der Waals surface area contributed by atoms with Crippen LogP contribution in [0.1, 0.15) is 12.8 Å². The average molecular weight is 250 g/mol. The fraction of sp³-hybridized carbons (Fsp3) is 0.571. The van der Waals surface area contributed by atoms with E-state index in [1.54, 1.807) is 7.11 Å². The first-order valence-electron chi connectivity index (χ1n) is 6.43. The Labute approximate surface area is 109 Å². The van der Waals surface area contributed by atoms with Crippen molar-refractivity contribution in [1.29, 1.82) is 0 Å². The smallest absolute Gasteiger partial charge is 0.120 e. The molecule has 0 aliphatic carbocycles. The average Bonchev–Trinajstić information content (AvgIpc) is 2.40. The Morgan fingerprint density at radius 2 is 2.11 bits per heavy atom. The number of aliphatic hydroxyl groups is 1. The number of piperidine rings is 1. The van der Waals surface area contributed by atoms with Crippen LogP contribution in [0.2, 0.25) is 0 Å². The lowest BCUT2D eigenvalue weighted by molar-refractivity contribution is 0.0185. The molecule has 0 radical (unpaired) electrons. The molecule has 1 fully saturated rings. The van der Waals surface area contributed by atoms with Crippen LogP contribution in [-0.4, -0.2) is 44.5 Å². The summed E-state index contributed by atoms with van der Waals surface area (Å²) in [7, 11) is 3.56. The summed E-state index contributed by atoms with van der Waals surface area (Å²) in [5, 5.41) is 13.4. The number of ether oxygens (including phenoxy) is 1. The largest absolute Gasteiger partial charge is 0.497 e. The normalized spacial score (nSPS) is 18.7. The molecule has 0 aromatic heterocycles. The molecule has 0 atom stereocenters. The van der Waals surface area contributed by atoms with E-state index in [-0.39, 0.29) is 0 Å². The molecule has 1 aliphatic rings. The summed E-state index contributed by atoms with van der Waals surface area (Å²) in [6.45, 7) is 2.43. The number of hydrogen-bond acceptors (Lipinski definition) is 4. The van der Waals surface area contributed by atoms with Gasteiger partial charge in [-0.05, 0) is 32.0 Å². The molecule has 0 saturated carbocycles. The van der Waals surface area contributed by atoms with Gasteiger partial charge in [0.1, 0.15) is 5.75 Å². The maximum absolute atomic E-state index is 10.3. The highest BCUT2D eigenvalue weighted by atomic mass is 16.5. The molecule has 1 aliphatic heterocycles. The van der Waals surface area contributed by atoms with Crippen LogP contribution in [0.4, 0.5) is 5.69 Å². The fourth-order valence-corrected chi connectivity index (χ4v) is 2.49. The van der Waals surface area contributed by atoms with E-state index < -0.39 is 5.60 Å². The van der Waals surface area contributed by atoms with Crippen molar-refractivity contribution in [2.45, 2.75) is 18.4 Å². The molecular formula is C14H22N2O2. The maximum atomic E-state index is 10.3. The zero-order chi connectivity index (χ0) is 13.0. The lowest BCUT2D eigenvalue weighted by atomic mass is 9.91. The van der Waals surface area contributed by atoms with E-state index in [1.807, 2.05) is 25.2 Å². The maximum Gasteiger partial charge on any atom is 0.120 e. The molecular weight excluding hydrogens is 228 g/mol. The summed E-state index contributed by atoms with van der Waals surface area (Å²) in [5.74, 6) is 0.878. The molecule has 0 spiro atoms. The lowest BCUT2D eigenvalue weighted by Crippen LogP contribution is -2.49. The minimum absolute atomic E-state index is 0.551. The van der Waals surface area contributed by atoms with Gasteiger partial charge in [-0.1, -0.05) is 6.07 Å². The minimum Gasteiger partial charge on any atom is -0.497 e. The Balaban J connectivity index is 2.00. The predicted octanol–water partition coefficient (Wildman–Crippen LogP) is 1.25. The van der Waals surface area contributed by atoms with Crippen LogP contribution in [0.15, 0.2) is 24.3 Å². The molecule has 18 heavy (non-hydrogen) atoms. The number of hydrogen-bond donors (Lipinski definition) is 2. The third-order valence-electron chi connectivity index (χ3n) is 3.62. The molecule has 4 heteroatoms. The van der Waals surface area contributed by atoms with Crippen molar-refractivity contribution >= 4 is 5.69 Å². The zero-order valence-electron chi connectivity index (χ0n) is 11.1. The summed E-state index contributed by atoms with van der Waals surface area (Å²) < 4.78 is 5.24. The molecule has 0 bridgehead atoms. The van der Waals surface area contributed by atoms with Crippen molar-refractivity contribution in [3.8, 4) is 5.75 Å². The lowest BCUT2D eigenvalue weighted by Gasteiger charge is -2.39. The second-order valence-electron chi connectivity index (χ2n) is 4.94. The number of rotatable bonds is 4. The number of nitrogens with one attached hydrogen (secondary N) is 1. The molecule has 2 N–H and O–H groups in total. The Morgan fingerprint density at radius 1 is 1.39 bits per heavy atom. The summed E-state index contributed by atoms with van der Waals surface area (Å²) in [6.07, 6.45) is 1.59. The summed E-state index contributed by atoms with van der Waals surface area (Å²) in [5.41, 5.74) is 0.616. The first kappa shape index (κ1) is 13.2. The molecule has 4 nitrogen and oxygen atoms in total. The van der Waals surface area contributed by atoms with E-state index in [0.717, 1.165) is 31.7 Å². The number of methoxy groups -OCH3 is 1. The van der Waals surface area contributed by atoms with Crippen LogP contribution in [0.5, 0.6) is 5.75 Å². The van der Waals surface area contributed by atoms with E-state index in [1.165, 1.54) is 5.69 Å². The summed E-state index contributed by atoms with van der Waals surface area (Å²) in [6, 6.07) is 8.08. The molecule has 1 aromatic carbocycles. The molecule has 1 saturated heterocycles. The van der Waals surface area contributed by atoms with Crippen LogP contribution < -0.4 is 15.0 Å². The Hall–Kier alpha value is -1.26. The standard InChI is InChI=1S/C14H22N2O2/c1-15-11-14(17)6-8-16(9-7-14)12-4-3-5-13(10-12)18-2/h3-5,10,15,17H,6-9,11H2,1-2H3. The van der Waals surface area contributed by atoms with Gasteiger partial charge in [0, 0.05) is 31.4 Å². The van der Waals surface area contributed by atoms with Gasteiger partial charge < -0.3 is 20.1 Å². The van der Waals surface area contributed by atoms with Gasteiger partial charge in [-0.3, -0.25) is 0 Å². The second kappa shape index (κ2) is 5.59. The quantitative estimate of drug-likeness (QED) is 0.844. The number of nitrogens with zero attached hydrogens (tertiary/aromatic N) is 1. The van der Waals surface area contributed by atoms with Crippen molar-refractivity contribution in [1.82, 2.24) is 5.32 Å². The topological polar surface area (TPSA) is 44.7 Å². The Kier molecular flexibility index (Phi) is 4.09. The van der Waals surface area contributed by atoms with Gasteiger partial charge in [0.25, 0.3) is 0 Å². The highest BCUT2D eigenvalue weighted by Gasteiger charge is 2.31. The van der Waals surface area contributed by atoms with Crippen LogP contribution in [0, 0.1) is 0 Å². The third kappa shape index (κ3) is 2.94. The molecule has 2 rings (SSSR count). The van der Waals surface area contributed by atoms with Crippen molar-refractivity contribution in [2.75, 3.05) is 38.7 Å². The number of anilines is 1. The van der Waals surface area contributed by atoms with Crippen molar-refractivity contribution in [3.63, 3.8) is 0 Å². The van der Waals surface area contributed by atoms with E-state index in [4.69, 9.17) is 4.74 Å². The van der Waals surface area contributed by atoms with Gasteiger partial charge >= 0.3 is 0 Å². The van der Waals surface area contributed by atoms with Crippen LogP contribution in [0.25, 0.3) is 0 Å². The molecule has 0 amide bonds. The van der Waals surface area contributed by atoms with Crippen molar-refractivity contribution in [2.24, 2.45) is 0 Å². The predicted molar refractivity (Wildman–Crippen MR) is 73.3 cm³/mol. The SMILES string of the molecule is CNCC1(O)CCN(c2cccc(OC)c2)CC1. The van der Waals surface area contributed by atoms with E-state index in [0.29, 0.717) is 6.54 Å². The van der Waals surface area contributed by atoms with Gasteiger partial charge in [0.05, 0.1) is 12.7 Å². The van der Waals surface area contributed by atoms with Crippen molar-refractivity contribution in [3.05, 3.63) is 24.3 Å². The van der Waals surface area contributed by atoms with Crippen LogP contribution in [0.3, 0.4) is 0 Å². The van der Waals surface area contributed by atoms with Crippen LogP contribution >= 0.6 is 0 Å². The zero-order valence-corrected chi connectivity index (χ0v) is 11.1.